The highest BCUT2D eigenvalue weighted by Crippen LogP contribution is 2.31. The molecule has 0 amide bonds. The molecular weight excluding hydrogens is 398 g/mol. The fraction of sp³-hybridized carbons (Fsp3) is 0.500. The minimum absolute atomic E-state index is 0.0132. The van der Waals surface area contributed by atoms with E-state index in [-0.39, 0.29) is 12.6 Å². The van der Waals surface area contributed by atoms with Gasteiger partial charge in [0.25, 0.3) is 0 Å². The zero-order valence-corrected chi connectivity index (χ0v) is 18.2. The van der Waals surface area contributed by atoms with Crippen LogP contribution in [0.1, 0.15) is 32.8 Å². The van der Waals surface area contributed by atoms with E-state index in [0.717, 1.165) is 17.7 Å². The summed E-state index contributed by atoms with van der Waals surface area (Å²) < 4.78 is 10.8. The Morgan fingerprint density at radius 3 is 2.65 bits per heavy atom. The number of hydrogen-bond donors (Lipinski definition) is 2. The molecule has 1 fully saturated rings. The molecular formula is C24H31NO6. The maximum absolute atomic E-state index is 12.9. The molecule has 0 aromatic heterocycles. The van der Waals surface area contributed by atoms with E-state index in [2.05, 4.69) is 4.90 Å². The van der Waals surface area contributed by atoms with Gasteiger partial charge in [-0.3, -0.25) is 4.90 Å². The Morgan fingerprint density at radius 1 is 1.26 bits per heavy atom. The molecule has 168 valence electrons. The first-order chi connectivity index (χ1) is 14.7. The van der Waals surface area contributed by atoms with Crippen LogP contribution < -0.4 is 0 Å². The van der Waals surface area contributed by atoms with E-state index in [1.807, 2.05) is 36.4 Å². The fourth-order valence-electron chi connectivity index (χ4n) is 4.19. The van der Waals surface area contributed by atoms with Crippen LogP contribution in [0.4, 0.5) is 0 Å². The summed E-state index contributed by atoms with van der Waals surface area (Å²) in [5.74, 6) is -2.06. The SMILES string of the molecule is CC(C)[C@@](O)(C(=O)OCC1=CCN2CC[C@H](O)[C@H]12)[C@@H](C)OC(=O)/C=C\c1ccccc1. The number of nitrogens with zero attached hydrogens (tertiary/aromatic N) is 1. The molecule has 4 atom stereocenters. The van der Waals surface area contributed by atoms with Crippen molar-refractivity contribution in [2.45, 2.75) is 51.0 Å². The van der Waals surface area contributed by atoms with Crippen LogP contribution in [-0.2, 0) is 19.1 Å². The summed E-state index contributed by atoms with van der Waals surface area (Å²) >= 11 is 0. The Labute approximate surface area is 183 Å². The van der Waals surface area contributed by atoms with E-state index in [4.69, 9.17) is 9.47 Å². The minimum Gasteiger partial charge on any atom is -0.459 e. The molecule has 0 spiro atoms. The van der Waals surface area contributed by atoms with Crippen molar-refractivity contribution in [2.24, 2.45) is 5.92 Å². The van der Waals surface area contributed by atoms with Gasteiger partial charge in [0.15, 0.2) is 0 Å². The van der Waals surface area contributed by atoms with Crippen molar-refractivity contribution in [3.05, 3.63) is 53.6 Å². The second kappa shape index (κ2) is 9.77. The molecule has 31 heavy (non-hydrogen) atoms. The monoisotopic (exact) mass is 429 g/mol. The highest BCUT2D eigenvalue weighted by atomic mass is 16.6. The highest BCUT2D eigenvalue weighted by Gasteiger charge is 2.49. The van der Waals surface area contributed by atoms with Crippen LogP contribution in [0.15, 0.2) is 48.1 Å². The van der Waals surface area contributed by atoms with Crippen LogP contribution >= 0.6 is 0 Å². The van der Waals surface area contributed by atoms with Crippen molar-refractivity contribution in [3.63, 3.8) is 0 Å². The van der Waals surface area contributed by atoms with E-state index in [1.165, 1.54) is 13.0 Å². The van der Waals surface area contributed by atoms with Crippen LogP contribution in [0.25, 0.3) is 6.08 Å². The van der Waals surface area contributed by atoms with Crippen LogP contribution in [0.5, 0.6) is 0 Å². The third-order valence-electron chi connectivity index (χ3n) is 6.14. The number of fused-ring (bicyclic) bond motifs is 1. The zero-order valence-electron chi connectivity index (χ0n) is 18.2. The first-order valence-electron chi connectivity index (χ1n) is 10.7. The van der Waals surface area contributed by atoms with E-state index in [1.54, 1.807) is 19.9 Å². The number of benzene rings is 1. The van der Waals surface area contributed by atoms with Crippen molar-refractivity contribution in [2.75, 3.05) is 19.7 Å². The number of carbonyl (C=O) groups excluding carboxylic acids is 2. The second-order valence-electron chi connectivity index (χ2n) is 8.45. The Bertz CT molecular complexity index is 849. The van der Waals surface area contributed by atoms with Gasteiger partial charge < -0.3 is 19.7 Å². The molecule has 2 aliphatic rings. The van der Waals surface area contributed by atoms with Gasteiger partial charge in [-0.25, -0.2) is 9.59 Å². The predicted molar refractivity (Wildman–Crippen MR) is 116 cm³/mol. The summed E-state index contributed by atoms with van der Waals surface area (Å²) in [4.78, 5) is 27.2. The lowest BCUT2D eigenvalue weighted by atomic mass is 9.85. The number of aliphatic hydroxyl groups excluding tert-OH is 1. The number of aliphatic hydroxyl groups is 2. The topological polar surface area (TPSA) is 96.3 Å². The molecule has 2 heterocycles. The van der Waals surface area contributed by atoms with Gasteiger partial charge in [0.05, 0.1) is 12.1 Å². The molecule has 1 saturated heterocycles. The molecule has 0 radical (unpaired) electrons. The van der Waals surface area contributed by atoms with E-state index < -0.39 is 35.7 Å². The van der Waals surface area contributed by atoms with Crippen LogP contribution in [-0.4, -0.2) is 70.6 Å². The largest absolute Gasteiger partial charge is 0.459 e. The Kier molecular flexibility index (Phi) is 7.30. The van der Waals surface area contributed by atoms with E-state index in [9.17, 15) is 19.8 Å². The summed E-state index contributed by atoms with van der Waals surface area (Å²) in [6.07, 6.45) is 3.92. The normalized spacial score (nSPS) is 24.0. The molecule has 2 aliphatic heterocycles. The lowest BCUT2D eigenvalue weighted by molar-refractivity contribution is -0.191. The van der Waals surface area contributed by atoms with Crippen LogP contribution in [0.2, 0.25) is 0 Å². The number of rotatable bonds is 8. The van der Waals surface area contributed by atoms with Gasteiger partial charge in [-0.1, -0.05) is 50.3 Å². The van der Waals surface area contributed by atoms with Crippen molar-refractivity contribution in [1.82, 2.24) is 4.90 Å². The molecule has 1 aromatic rings. The van der Waals surface area contributed by atoms with Crippen LogP contribution in [0.3, 0.4) is 0 Å². The zero-order chi connectivity index (χ0) is 22.6. The van der Waals surface area contributed by atoms with E-state index >= 15 is 0 Å². The highest BCUT2D eigenvalue weighted by molar-refractivity contribution is 5.88. The smallest absolute Gasteiger partial charge is 0.342 e. The first-order valence-corrected chi connectivity index (χ1v) is 10.7. The molecule has 0 saturated carbocycles. The molecule has 3 rings (SSSR count). The van der Waals surface area contributed by atoms with Gasteiger partial charge in [0, 0.05) is 19.2 Å². The lowest BCUT2D eigenvalue weighted by Crippen LogP contribution is -2.55. The van der Waals surface area contributed by atoms with Crippen molar-refractivity contribution >= 4 is 18.0 Å². The number of ether oxygens (including phenoxy) is 2. The Morgan fingerprint density at radius 2 is 1.97 bits per heavy atom. The van der Waals surface area contributed by atoms with Crippen molar-refractivity contribution < 1.29 is 29.3 Å². The number of hydrogen-bond acceptors (Lipinski definition) is 7. The van der Waals surface area contributed by atoms with Gasteiger partial charge in [0.1, 0.15) is 12.7 Å². The maximum Gasteiger partial charge on any atom is 0.342 e. The van der Waals surface area contributed by atoms with Crippen LogP contribution in [0, 0.1) is 5.92 Å². The molecule has 0 aliphatic carbocycles. The molecule has 2 N–H and O–H groups in total. The second-order valence-corrected chi connectivity index (χ2v) is 8.45. The number of esters is 2. The van der Waals surface area contributed by atoms with Crippen molar-refractivity contribution in [3.8, 4) is 0 Å². The Hall–Kier alpha value is -2.48. The van der Waals surface area contributed by atoms with Gasteiger partial charge in [-0.05, 0) is 36.5 Å². The quantitative estimate of drug-likeness (QED) is 0.370. The third kappa shape index (κ3) is 5.06. The first kappa shape index (κ1) is 23.2. The summed E-state index contributed by atoms with van der Waals surface area (Å²) in [5, 5.41) is 21.3. The Balaban J connectivity index is 1.61. The molecule has 1 aromatic carbocycles. The molecule has 0 bridgehead atoms. The number of carbonyl (C=O) groups is 2. The third-order valence-corrected chi connectivity index (χ3v) is 6.14. The molecule has 0 unspecified atom stereocenters. The molecule has 7 nitrogen and oxygen atoms in total. The summed E-state index contributed by atoms with van der Waals surface area (Å²) in [7, 11) is 0. The lowest BCUT2D eigenvalue weighted by Gasteiger charge is -2.34. The minimum atomic E-state index is -2.00. The van der Waals surface area contributed by atoms with E-state index in [0.29, 0.717) is 13.0 Å². The van der Waals surface area contributed by atoms with Gasteiger partial charge in [-0.2, -0.15) is 0 Å². The van der Waals surface area contributed by atoms with Gasteiger partial charge in [0.2, 0.25) is 5.60 Å². The van der Waals surface area contributed by atoms with Gasteiger partial charge >= 0.3 is 11.9 Å². The average Bonchev–Trinajstić information content (AvgIpc) is 3.33. The standard InChI is InChI=1S/C24H31NO6/c1-16(2)24(29,17(3)31-21(27)10-9-18-7-5-4-6-8-18)23(28)30-15-19-11-13-25-14-12-20(26)22(19)25/h4-11,16-17,20,22,26,29H,12-15H2,1-3H3/b10-9-/t17-,20+,22+,24+/m1/s1. The predicted octanol–water partition coefficient (Wildman–Crippen LogP) is 1.94. The van der Waals surface area contributed by atoms with Gasteiger partial charge in [-0.15, -0.1) is 0 Å². The maximum atomic E-state index is 12.9. The summed E-state index contributed by atoms with van der Waals surface area (Å²) in [6, 6.07) is 9.12. The molecule has 7 heteroatoms. The summed E-state index contributed by atoms with van der Waals surface area (Å²) in [5.41, 5.74) is -0.331. The fourth-order valence-corrected chi connectivity index (χ4v) is 4.19. The summed E-state index contributed by atoms with van der Waals surface area (Å²) in [6.45, 7) is 6.32. The van der Waals surface area contributed by atoms with Crippen molar-refractivity contribution in [1.29, 1.82) is 0 Å². The average molecular weight is 430 g/mol.